The number of aryl methyl sites for hydroxylation is 1. The Kier molecular flexibility index (Phi) is 26.6. The molecule has 196 valence electrons. The minimum atomic E-state index is -0.304. The number of nitrogens with zero attached hydrogens (tertiary/aromatic N) is 3. The van der Waals surface area contributed by atoms with Gasteiger partial charge in [-0.05, 0) is 57.5 Å². The number of esters is 1. The maximum absolute atomic E-state index is 11.2. The van der Waals surface area contributed by atoms with Crippen LogP contribution in [0.1, 0.15) is 64.1 Å². The lowest BCUT2D eigenvalue weighted by Gasteiger charge is -2.01. The van der Waals surface area contributed by atoms with Crippen LogP contribution in [0.25, 0.3) is 10.6 Å². The first-order chi connectivity index (χ1) is 16.9. The fraction of sp³-hybridized carbons (Fsp3) is 0.407. The standard InChI is InChI=1S/C12H19N.C10H10N2O2S.C2H4O.C2H6.CH5N/c1-5-9-11(7-3)12(8-4)13-10-6-2;1-12-6-5-7(11-12)8-3-4-9(15-8)10(13)14-2;1-2-3;2*1-2/h7-10H,3,5-6H2,1-2,4H3;3-6H,1-2H3;2H,1H3;1-2H3;2H2,1H3/b11-9-,12-8+,13-10?;;;;. The van der Waals surface area contributed by atoms with Crippen LogP contribution in [0.2, 0.25) is 0 Å². The second kappa shape index (κ2) is 25.5. The summed E-state index contributed by atoms with van der Waals surface area (Å²) in [5.74, 6) is -0.304. The van der Waals surface area contributed by atoms with Crippen molar-refractivity contribution in [2.75, 3.05) is 14.2 Å². The summed E-state index contributed by atoms with van der Waals surface area (Å²) < 4.78 is 6.37. The van der Waals surface area contributed by atoms with Gasteiger partial charge >= 0.3 is 5.97 Å². The number of nitrogens with two attached hydrogens (primary N) is 1. The molecule has 0 aliphatic carbocycles. The molecular formula is C27H44N4O3S. The number of aldehydes is 1. The lowest BCUT2D eigenvalue weighted by Crippen LogP contribution is -1.96. The first-order valence-electron chi connectivity index (χ1n) is 11.6. The molecular weight excluding hydrogens is 460 g/mol. The average molecular weight is 505 g/mol. The van der Waals surface area contributed by atoms with Crippen LogP contribution in [0.15, 0.2) is 65.5 Å². The lowest BCUT2D eigenvalue weighted by atomic mass is 10.1. The number of carbonyl (C=O) groups is 2. The fourth-order valence-electron chi connectivity index (χ4n) is 2.25. The molecule has 35 heavy (non-hydrogen) atoms. The van der Waals surface area contributed by atoms with Crippen LogP contribution in [-0.2, 0) is 16.6 Å². The van der Waals surface area contributed by atoms with Gasteiger partial charge in [-0.1, -0.05) is 52.5 Å². The lowest BCUT2D eigenvalue weighted by molar-refractivity contribution is -0.106. The molecule has 0 spiro atoms. The van der Waals surface area contributed by atoms with Gasteiger partial charge < -0.3 is 15.3 Å². The maximum atomic E-state index is 11.2. The predicted octanol–water partition coefficient (Wildman–Crippen LogP) is 6.63. The van der Waals surface area contributed by atoms with Gasteiger partial charge in [-0.3, -0.25) is 9.67 Å². The Morgan fingerprint density at radius 2 is 1.80 bits per heavy atom. The van der Waals surface area contributed by atoms with E-state index in [1.54, 1.807) is 10.7 Å². The van der Waals surface area contributed by atoms with Gasteiger partial charge in [0.05, 0.1) is 17.7 Å². The van der Waals surface area contributed by atoms with Crippen molar-refractivity contribution in [1.82, 2.24) is 9.78 Å². The molecule has 8 heteroatoms. The van der Waals surface area contributed by atoms with Crippen molar-refractivity contribution in [1.29, 1.82) is 0 Å². The van der Waals surface area contributed by atoms with E-state index in [9.17, 15) is 4.79 Å². The number of rotatable bonds is 7. The van der Waals surface area contributed by atoms with Crippen LogP contribution in [0, 0.1) is 0 Å². The Balaban J connectivity index is -0.000000470. The Hall–Kier alpha value is -3.10. The smallest absolute Gasteiger partial charge is 0.348 e. The number of hydrogen-bond donors (Lipinski definition) is 1. The molecule has 0 unspecified atom stereocenters. The summed E-state index contributed by atoms with van der Waals surface area (Å²) in [6.07, 6.45) is 12.5. The summed E-state index contributed by atoms with van der Waals surface area (Å²) in [6.45, 7) is 15.4. The molecule has 0 aliphatic rings. The van der Waals surface area contributed by atoms with E-state index in [2.05, 4.69) is 47.1 Å². The Morgan fingerprint density at radius 3 is 2.20 bits per heavy atom. The van der Waals surface area contributed by atoms with Crippen molar-refractivity contribution in [3.63, 3.8) is 0 Å². The van der Waals surface area contributed by atoms with E-state index in [0.29, 0.717) is 4.88 Å². The van der Waals surface area contributed by atoms with Crippen molar-refractivity contribution in [2.45, 2.75) is 54.4 Å². The second-order valence-electron chi connectivity index (χ2n) is 5.93. The zero-order valence-electron chi connectivity index (χ0n) is 22.9. The molecule has 0 saturated heterocycles. The van der Waals surface area contributed by atoms with E-state index in [4.69, 9.17) is 4.79 Å². The molecule has 0 aromatic carbocycles. The molecule has 0 radical (unpaired) electrons. The predicted molar refractivity (Wildman–Crippen MR) is 152 cm³/mol. The van der Waals surface area contributed by atoms with Crippen molar-refractivity contribution >= 4 is 29.8 Å². The largest absolute Gasteiger partial charge is 0.465 e. The van der Waals surface area contributed by atoms with Gasteiger partial charge in [0.2, 0.25) is 0 Å². The quantitative estimate of drug-likeness (QED) is 0.197. The second-order valence-corrected chi connectivity index (χ2v) is 7.02. The zero-order chi connectivity index (χ0) is 27.6. The number of thiophene rings is 1. The van der Waals surface area contributed by atoms with Gasteiger partial charge in [0.15, 0.2) is 0 Å². The van der Waals surface area contributed by atoms with E-state index in [0.717, 1.165) is 41.0 Å². The number of carbonyl (C=O) groups excluding carboxylic acids is 2. The molecule has 2 aromatic heterocycles. The van der Waals surface area contributed by atoms with Crippen LogP contribution in [0.3, 0.4) is 0 Å². The van der Waals surface area contributed by atoms with E-state index < -0.39 is 0 Å². The Bertz CT molecular complexity index is 909. The fourth-order valence-corrected chi connectivity index (χ4v) is 3.14. The third-order valence-electron chi connectivity index (χ3n) is 3.58. The van der Waals surface area contributed by atoms with Gasteiger partial charge in [0, 0.05) is 19.5 Å². The number of aliphatic imine (C=N–C) groups is 1. The molecule has 0 atom stereocenters. The van der Waals surface area contributed by atoms with Crippen molar-refractivity contribution in [3.8, 4) is 10.6 Å². The van der Waals surface area contributed by atoms with Gasteiger partial charge in [-0.25, -0.2) is 4.79 Å². The topological polar surface area (TPSA) is 99.6 Å². The van der Waals surface area contributed by atoms with E-state index in [1.165, 1.54) is 32.4 Å². The SMILES string of the molecule is C=CC(=C/CC)/C(=C\C)N=CCC.CC.CC=O.CN.COC(=O)c1ccc(-c2ccn(C)n2)s1. The Morgan fingerprint density at radius 1 is 1.20 bits per heavy atom. The number of aromatic nitrogens is 2. The number of ether oxygens (including phenoxy) is 1. The van der Waals surface area contributed by atoms with Crippen molar-refractivity contribution in [2.24, 2.45) is 17.8 Å². The zero-order valence-corrected chi connectivity index (χ0v) is 23.7. The summed E-state index contributed by atoms with van der Waals surface area (Å²) in [6, 6.07) is 5.53. The molecule has 0 bridgehead atoms. The van der Waals surface area contributed by atoms with Crippen molar-refractivity contribution < 1.29 is 14.3 Å². The first kappa shape index (κ1) is 36.5. The molecule has 0 amide bonds. The summed E-state index contributed by atoms with van der Waals surface area (Å²) in [7, 11) is 4.74. The van der Waals surface area contributed by atoms with Crippen LogP contribution in [0.5, 0.6) is 0 Å². The third-order valence-corrected chi connectivity index (χ3v) is 4.67. The van der Waals surface area contributed by atoms with Crippen LogP contribution in [0.4, 0.5) is 0 Å². The van der Waals surface area contributed by atoms with E-state index >= 15 is 0 Å². The highest BCUT2D eigenvalue weighted by molar-refractivity contribution is 7.17. The van der Waals surface area contributed by atoms with Gasteiger partial charge in [-0.2, -0.15) is 5.10 Å². The van der Waals surface area contributed by atoms with Crippen LogP contribution < -0.4 is 5.73 Å². The summed E-state index contributed by atoms with van der Waals surface area (Å²) >= 11 is 1.38. The van der Waals surface area contributed by atoms with E-state index in [1.807, 2.05) is 64.5 Å². The third kappa shape index (κ3) is 16.2. The normalized spacial score (nSPS) is 10.2. The summed E-state index contributed by atoms with van der Waals surface area (Å²) in [4.78, 5) is 25.9. The van der Waals surface area contributed by atoms with Gasteiger partial charge in [-0.15, -0.1) is 11.3 Å². The Labute approximate surface area is 216 Å². The molecule has 2 aromatic rings. The van der Waals surface area contributed by atoms with Gasteiger partial charge in [0.25, 0.3) is 0 Å². The van der Waals surface area contributed by atoms with Crippen LogP contribution in [-0.4, -0.2) is 42.4 Å². The molecule has 2 heterocycles. The van der Waals surface area contributed by atoms with E-state index in [-0.39, 0.29) is 5.97 Å². The highest BCUT2D eigenvalue weighted by Crippen LogP contribution is 2.26. The van der Waals surface area contributed by atoms with Crippen LogP contribution >= 0.6 is 11.3 Å². The minimum absolute atomic E-state index is 0.304. The number of allylic oxidation sites excluding steroid dienone is 3. The molecule has 2 rings (SSSR count). The molecule has 0 aliphatic heterocycles. The van der Waals surface area contributed by atoms with Gasteiger partial charge in [0.1, 0.15) is 16.9 Å². The maximum Gasteiger partial charge on any atom is 0.348 e. The first-order valence-corrected chi connectivity index (χ1v) is 12.4. The molecule has 2 N–H and O–H groups in total. The molecule has 0 saturated carbocycles. The highest BCUT2D eigenvalue weighted by atomic mass is 32.1. The van der Waals surface area contributed by atoms with Crippen molar-refractivity contribution in [3.05, 3.63) is 65.4 Å². The average Bonchev–Trinajstić information content (AvgIpc) is 3.56. The molecule has 0 fully saturated rings. The number of methoxy groups -OCH3 is 1. The summed E-state index contributed by atoms with van der Waals surface area (Å²) in [5.41, 5.74) is 7.51. The molecule has 7 nitrogen and oxygen atoms in total. The highest BCUT2D eigenvalue weighted by Gasteiger charge is 2.11. The summed E-state index contributed by atoms with van der Waals surface area (Å²) in [5, 5.41) is 4.25. The minimum Gasteiger partial charge on any atom is -0.465 e. The number of hydrogen-bond acceptors (Lipinski definition) is 7. The monoisotopic (exact) mass is 504 g/mol.